The standard InChI is InChI=1S/C13H16FN3O/c1-2-3-4-7-16-9-10-5-6-11(14)8-12(10)13(15)17-18/h1,5-6,8,16,18H,3-4,7,9H2,(H2,15,17). The Morgan fingerprint density at radius 2 is 2.33 bits per heavy atom. The molecule has 1 aromatic rings. The lowest BCUT2D eigenvalue weighted by atomic mass is 10.1. The highest BCUT2D eigenvalue weighted by Crippen LogP contribution is 2.11. The molecule has 0 amide bonds. The van der Waals surface area contributed by atoms with E-state index in [0.717, 1.165) is 18.5 Å². The van der Waals surface area contributed by atoms with Crippen LogP contribution in [-0.4, -0.2) is 17.6 Å². The summed E-state index contributed by atoms with van der Waals surface area (Å²) < 4.78 is 13.1. The van der Waals surface area contributed by atoms with Crippen molar-refractivity contribution >= 4 is 5.84 Å². The van der Waals surface area contributed by atoms with E-state index in [0.29, 0.717) is 18.5 Å². The summed E-state index contributed by atoms with van der Waals surface area (Å²) in [6.07, 6.45) is 6.72. The third kappa shape index (κ3) is 4.07. The summed E-state index contributed by atoms with van der Waals surface area (Å²) in [5, 5.41) is 14.7. The van der Waals surface area contributed by atoms with Crippen molar-refractivity contribution in [3.63, 3.8) is 0 Å². The highest BCUT2D eigenvalue weighted by Gasteiger charge is 2.08. The zero-order valence-corrected chi connectivity index (χ0v) is 9.99. The maximum absolute atomic E-state index is 13.1. The van der Waals surface area contributed by atoms with E-state index >= 15 is 0 Å². The van der Waals surface area contributed by atoms with E-state index in [1.54, 1.807) is 6.07 Å². The van der Waals surface area contributed by atoms with Crippen LogP contribution in [0.1, 0.15) is 24.0 Å². The van der Waals surface area contributed by atoms with Crippen LogP contribution in [0.5, 0.6) is 0 Å². The Morgan fingerprint density at radius 1 is 1.56 bits per heavy atom. The minimum atomic E-state index is -0.423. The summed E-state index contributed by atoms with van der Waals surface area (Å²) >= 11 is 0. The molecule has 4 N–H and O–H groups in total. The van der Waals surface area contributed by atoms with Gasteiger partial charge in [-0.25, -0.2) is 4.39 Å². The van der Waals surface area contributed by atoms with Gasteiger partial charge in [0.15, 0.2) is 5.84 Å². The van der Waals surface area contributed by atoms with E-state index in [4.69, 9.17) is 17.4 Å². The van der Waals surface area contributed by atoms with Crippen molar-refractivity contribution < 1.29 is 9.60 Å². The first-order chi connectivity index (χ1) is 8.69. The first kappa shape index (κ1) is 14.0. The van der Waals surface area contributed by atoms with Gasteiger partial charge in [0.25, 0.3) is 0 Å². The lowest BCUT2D eigenvalue weighted by Crippen LogP contribution is -2.20. The molecule has 0 heterocycles. The predicted octanol–water partition coefficient (Wildman–Crippen LogP) is 1.42. The zero-order valence-electron chi connectivity index (χ0n) is 9.99. The van der Waals surface area contributed by atoms with E-state index < -0.39 is 5.82 Å². The summed E-state index contributed by atoms with van der Waals surface area (Å²) in [6.45, 7) is 1.27. The van der Waals surface area contributed by atoms with Crippen molar-refractivity contribution in [3.05, 3.63) is 35.1 Å². The summed E-state index contributed by atoms with van der Waals surface area (Å²) in [5.74, 6) is 2.03. The second-order valence-corrected chi connectivity index (χ2v) is 3.77. The fraction of sp³-hybridized carbons (Fsp3) is 0.308. The van der Waals surface area contributed by atoms with Crippen molar-refractivity contribution in [1.29, 1.82) is 0 Å². The molecule has 5 heteroatoms. The Hall–Kier alpha value is -2.06. The highest BCUT2D eigenvalue weighted by molar-refractivity contribution is 5.98. The lowest BCUT2D eigenvalue weighted by molar-refractivity contribution is 0.318. The maximum atomic E-state index is 13.1. The molecule has 1 rings (SSSR count). The Morgan fingerprint density at radius 3 is 3.00 bits per heavy atom. The summed E-state index contributed by atoms with van der Waals surface area (Å²) in [4.78, 5) is 0. The van der Waals surface area contributed by atoms with Gasteiger partial charge in [-0.1, -0.05) is 11.2 Å². The minimum Gasteiger partial charge on any atom is -0.409 e. The summed E-state index contributed by atoms with van der Waals surface area (Å²) in [6, 6.07) is 4.19. The van der Waals surface area contributed by atoms with Gasteiger partial charge in [-0.2, -0.15) is 0 Å². The van der Waals surface area contributed by atoms with Crippen molar-refractivity contribution in [2.45, 2.75) is 19.4 Å². The fourth-order valence-corrected chi connectivity index (χ4v) is 1.53. The molecule has 0 atom stereocenters. The smallest absolute Gasteiger partial charge is 0.170 e. The third-order valence-electron chi connectivity index (χ3n) is 2.45. The van der Waals surface area contributed by atoms with Crippen molar-refractivity contribution in [2.75, 3.05) is 6.54 Å². The number of amidine groups is 1. The van der Waals surface area contributed by atoms with Gasteiger partial charge in [-0.05, 0) is 30.7 Å². The molecule has 0 fully saturated rings. The van der Waals surface area contributed by atoms with E-state index in [9.17, 15) is 4.39 Å². The van der Waals surface area contributed by atoms with E-state index in [2.05, 4.69) is 16.4 Å². The topological polar surface area (TPSA) is 70.6 Å². The van der Waals surface area contributed by atoms with Crippen LogP contribution in [0.2, 0.25) is 0 Å². The molecule has 1 aromatic carbocycles. The van der Waals surface area contributed by atoms with Crippen LogP contribution in [0, 0.1) is 18.2 Å². The second-order valence-electron chi connectivity index (χ2n) is 3.77. The average Bonchev–Trinajstić information content (AvgIpc) is 2.39. The molecule has 0 bridgehead atoms. The maximum Gasteiger partial charge on any atom is 0.170 e. The van der Waals surface area contributed by atoms with Gasteiger partial charge in [0.05, 0.1) is 0 Å². The molecule has 0 aliphatic rings. The normalized spacial score (nSPS) is 11.2. The molecular weight excluding hydrogens is 233 g/mol. The van der Waals surface area contributed by atoms with Crippen LogP contribution >= 0.6 is 0 Å². The number of unbranched alkanes of at least 4 members (excludes halogenated alkanes) is 1. The molecule has 0 aromatic heterocycles. The number of halogens is 1. The van der Waals surface area contributed by atoms with Crippen molar-refractivity contribution in [2.24, 2.45) is 10.9 Å². The van der Waals surface area contributed by atoms with E-state index in [-0.39, 0.29) is 5.84 Å². The summed E-state index contributed by atoms with van der Waals surface area (Å²) in [7, 11) is 0. The molecular formula is C13H16FN3O. The van der Waals surface area contributed by atoms with Crippen LogP contribution in [0.3, 0.4) is 0 Å². The molecule has 0 radical (unpaired) electrons. The number of terminal acetylenes is 1. The van der Waals surface area contributed by atoms with E-state index in [1.807, 2.05) is 0 Å². The third-order valence-corrected chi connectivity index (χ3v) is 2.45. The van der Waals surface area contributed by atoms with Gasteiger partial charge in [0, 0.05) is 18.5 Å². The average molecular weight is 249 g/mol. The highest BCUT2D eigenvalue weighted by atomic mass is 19.1. The fourth-order valence-electron chi connectivity index (χ4n) is 1.53. The largest absolute Gasteiger partial charge is 0.409 e. The molecule has 0 saturated carbocycles. The quantitative estimate of drug-likeness (QED) is 0.178. The molecule has 96 valence electrons. The number of nitrogens with zero attached hydrogens (tertiary/aromatic N) is 1. The van der Waals surface area contributed by atoms with Gasteiger partial charge in [-0.3, -0.25) is 0 Å². The van der Waals surface area contributed by atoms with Gasteiger partial charge in [0.2, 0.25) is 0 Å². The van der Waals surface area contributed by atoms with Gasteiger partial charge >= 0.3 is 0 Å². The van der Waals surface area contributed by atoms with Crippen LogP contribution in [0.25, 0.3) is 0 Å². The van der Waals surface area contributed by atoms with Crippen LogP contribution in [0.4, 0.5) is 4.39 Å². The number of nitrogens with one attached hydrogen (secondary N) is 1. The van der Waals surface area contributed by atoms with Crippen LogP contribution < -0.4 is 11.1 Å². The van der Waals surface area contributed by atoms with Gasteiger partial charge in [-0.15, -0.1) is 12.3 Å². The Balaban J connectivity index is 2.68. The van der Waals surface area contributed by atoms with E-state index in [1.165, 1.54) is 12.1 Å². The number of rotatable bonds is 6. The molecule has 18 heavy (non-hydrogen) atoms. The molecule has 4 nitrogen and oxygen atoms in total. The Kier molecular flexibility index (Phi) is 5.68. The van der Waals surface area contributed by atoms with Crippen LogP contribution in [0.15, 0.2) is 23.4 Å². The lowest BCUT2D eigenvalue weighted by Gasteiger charge is -2.09. The number of hydrogen-bond donors (Lipinski definition) is 3. The van der Waals surface area contributed by atoms with Gasteiger partial charge in [0.1, 0.15) is 5.82 Å². The first-order valence-electron chi connectivity index (χ1n) is 5.59. The first-order valence-corrected chi connectivity index (χ1v) is 5.59. The van der Waals surface area contributed by atoms with Crippen LogP contribution in [-0.2, 0) is 6.54 Å². The minimum absolute atomic E-state index is 0.102. The molecule has 0 unspecified atom stereocenters. The Bertz CT molecular complexity index is 466. The Labute approximate surface area is 106 Å². The van der Waals surface area contributed by atoms with Crippen molar-refractivity contribution in [3.8, 4) is 12.3 Å². The number of hydrogen-bond acceptors (Lipinski definition) is 3. The van der Waals surface area contributed by atoms with Gasteiger partial charge < -0.3 is 16.3 Å². The number of benzene rings is 1. The second kappa shape index (κ2) is 7.30. The number of nitrogens with two attached hydrogens (primary N) is 1. The molecule has 0 aliphatic heterocycles. The van der Waals surface area contributed by atoms with Crippen molar-refractivity contribution in [1.82, 2.24) is 5.32 Å². The SMILES string of the molecule is C#CCCCNCc1ccc(F)cc1/C(N)=N\O. The predicted molar refractivity (Wildman–Crippen MR) is 68.7 cm³/mol. The molecule has 0 spiro atoms. The zero-order chi connectivity index (χ0) is 13.4. The molecule has 0 saturated heterocycles. The molecule has 0 aliphatic carbocycles. The number of oxime groups is 1. The monoisotopic (exact) mass is 249 g/mol. The summed E-state index contributed by atoms with van der Waals surface area (Å²) in [5.41, 5.74) is 6.66.